The highest BCUT2D eigenvalue weighted by atomic mass is 16.3. The Balaban J connectivity index is 1.53. The first kappa shape index (κ1) is 12.2. The zero-order valence-electron chi connectivity index (χ0n) is 10.8. The molecule has 0 bridgehead atoms. The Kier molecular flexibility index (Phi) is 3.46. The van der Waals surface area contributed by atoms with Crippen LogP contribution in [0.3, 0.4) is 0 Å². The molecule has 3 rings (SSSR count). The van der Waals surface area contributed by atoms with Crippen LogP contribution in [0.15, 0.2) is 30.5 Å². The van der Waals surface area contributed by atoms with E-state index in [2.05, 4.69) is 15.6 Å². The van der Waals surface area contributed by atoms with Crippen molar-refractivity contribution in [3.8, 4) is 5.75 Å². The SMILES string of the molecule is Oc1ccc(Cn2cc(CNCC3CC3)nn2)cc1. The molecule has 0 aliphatic heterocycles. The van der Waals surface area contributed by atoms with Gasteiger partial charge in [-0.1, -0.05) is 17.3 Å². The van der Waals surface area contributed by atoms with Gasteiger partial charge in [-0.15, -0.1) is 5.10 Å². The lowest BCUT2D eigenvalue weighted by Gasteiger charge is -2.01. The summed E-state index contributed by atoms with van der Waals surface area (Å²) in [5.74, 6) is 1.17. The zero-order chi connectivity index (χ0) is 13.1. The molecular formula is C14H18N4O. The molecule has 1 fully saturated rings. The van der Waals surface area contributed by atoms with Crippen LogP contribution >= 0.6 is 0 Å². The Morgan fingerprint density at radius 3 is 2.79 bits per heavy atom. The van der Waals surface area contributed by atoms with Gasteiger partial charge in [-0.25, -0.2) is 4.68 Å². The Bertz CT molecular complexity index is 531. The van der Waals surface area contributed by atoms with Crippen LogP contribution in [-0.2, 0) is 13.1 Å². The van der Waals surface area contributed by atoms with Gasteiger partial charge in [-0.05, 0) is 43.0 Å². The van der Waals surface area contributed by atoms with Gasteiger partial charge in [-0.3, -0.25) is 0 Å². The molecule has 1 aliphatic carbocycles. The number of hydrogen-bond acceptors (Lipinski definition) is 4. The molecule has 0 amide bonds. The summed E-state index contributed by atoms with van der Waals surface area (Å²) < 4.78 is 1.82. The number of aromatic nitrogens is 3. The number of phenolic OH excluding ortho intramolecular Hbond substituents is 1. The van der Waals surface area contributed by atoms with Crippen LogP contribution in [0.4, 0.5) is 0 Å². The maximum atomic E-state index is 9.23. The summed E-state index contributed by atoms with van der Waals surface area (Å²) in [7, 11) is 0. The molecule has 1 aromatic heterocycles. The average Bonchev–Trinajstić information content (AvgIpc) is 3.12. The van der Waals surface area contributed by atoms with Gasteiger partial charge < -0.3 is 10.4 Å². The lowest BCUT2D eigenvalue weighted by Crippen LogP contribution is -2.16. The smallest absolute Gasteiger partial charge is 0.115 e. The Hall–Kier alpha value is -1.88. The van der Waals surface area contributed by atoms with Crippen LogP contribution in [-0.4, -0.2) is 26.6 Å². The number of aromatic hydroxyl groups is 1. The fourth-order valence-electron chi connectivity index (χ4n) is 2.01. The van der Waals surface area contributed by atoms with Crippen molar-refractivity contribution in [2.24, 2.45) is 5.92 Å². The normalized spacial score (nSPS) is 14.7. The fraction of sp³-hybridized carbons (Fsp3) is 0.429. The van der Waals surface area contributed by atoms with E-state index in [1.165, 1.54) is 12.8 Å². The van der Waals surface area contributed by atoms with Gasteiger partial charge in [0.05, 0.1) is 18.4 Å². The molecule has 5 nitrogen and oxygen atoms in total. The lowest BCUT2D eigenvalue weighted by molar-refractivity contribution is 0.475. The predicted octanol–water partition coefficient (Wildman–Crippen LogP) is 1.53. The summed E-state index contributed by atoms with van der Waals surface area (Å²) in [5.41, 5.74) is 2.07. The molecule has 2 N–H and O–H groups in total. The van der Waals surface area contributed by atoms with E-state index in [4.69, 9.17) is 0 Å². The Morgan fingerprint density at radius 1 is 1.26 bits per heavy atom. The van der Waals surface area contributed by atoms with Crippen LogP contribution in [0.25, 0.3) is 0 Å². The molecule has 0 unspecified atom stereocenters. The van der Waals surface area contributed by atoms with Gasteiger partial charge in [0, 0.05) is 6.54 Å². The van der Waals surface area contributed by atoms with Crippen molar-refractivity contribution in [1.29, 1.82) is 0 Å². The van der Waals surface area contributed by atoms with E-state index in [1.54, 1.807) is 12.1 Å². The average molecular weight is 258 g/mol. The molecule has 100 valence electrons. The molecule has 1 aromatic carbocycles. The van der Waals surface area contributed by atoms with Crippen molar-refractivity contribution in [3.63, 3.8) is 0 Å². The van der Waals surface area contributed by atoms with E-state index in [0.29, 0.717) is 6.54 Å². The van der Waals surface area contributed by atoms with Gasteiger partial charge in [-0.2, -0.15) is 0 Å². The van der Waals surface area contributed by atoms with Crippen LogP contribution < -0.4 is 5.32 Å². The van der Waals surface area contributed by atoms with Crippen molar-refractivity contribution in [1.82, 2.24) is 20.3 Å². The Morgan fingerprint density at radius 2 is 2.05 bits per heavy atom. The number of nitrogens with zero attached hydrogens (tertiary/aromatic N) is 3. The molecule has 0 spiro atoms. The molecule has 0 radical (unpaired) electrons. The largest absolute Gasteiger partial charge is 0.508 e. The van der Waals surface area contributed by atoms with Gasteiger partial charge in [0.1, 0.15) is 5.75 Å². The first-order chi connectivity index (χ1) is 9.29. The topological polar surface area (TPSA) is 63.0 Å². The fourth-order valence-corrected chi connectivity index (χ4v) is 2.01. The van der Waals surface area contributed by atoms with Gasteiger partial charge in [0.25, 0.3) is 0 Å². The van der Waals surface area contributed by atoms with E-state index in [1.807, 2.05) is 23.0 Å². The highest BCUT2D eigenvalue weighted by Crippen LogP contribution is 2.27. The molecule has 0 saturated heterocycles. The number of rotatable bonds is 6. The van der Waals surface area contributed by atoms with Crippen molar-refractivity contribution < 1.29 is 5.11 Å². The van der Waals surface area contributed by atoms with E-state index < -0.39 is 0 Å². The number of phenols is 1. The van der Waals surface area contributed by atoms with E-state index >= 15 is 0 Å². The minimum Gasteiger partial charge on any atom is -0.508 e. The van der Waals surface area contributed by atoms with Gasteiger partial charge in [0.15, 0.2) is 0 Å². The first-order valence-corrected chi connectivity index (χ1v) is 6.67. The number of nitrogens with one attached hydrogen (secondary N) is 1. The monoisotopic (exact) mass is 258 g/mol. The first-order valence-electron chi connectivity index (χ1n) is 6.67. The molecule has 1 saturated carbocycles. The van der Waals surface area contributed by atoms with Crippen LogP contribution in [0.5, 0.6) is 5.75 Å². The number of benzene rings is 1. The highest BCUT2D eigenvalue weighted by molar-refractivity contribution is 5.25. The van der Waals surface area contributed by atoms with Crippen molar-refractivity contribution in [3.05, 3.63) is 41.7 Å². The van der Waals surface area contributed by atoms with Crippen molar-refractivity contribution in [2.75, 3.05) is 6.54 Å². The minimum atomic E-state index is 0.285. The van der Waals surface area contributed by atoms with E-state index in [0.717, 1.165) is 30.3 Å². The summed E-state index contributed by atoms with van der Waals surface area (Å²) in [6.45, 7) is 2.55. The summed E-state index contributed by atoms with van der Waals surface area (Å²) in [6.07, 6.45) is 4.69. The van der Waals surface area contributed by atoms with Crippen molar-refractivity contribution in [2.45, 2.75) is 25.9 Å². The second-order valence-electron chi connectivity index (χ2n) is 5.15. The van der Waals surface area contributed by atoms with Crippen LogP contribution in [0.2, 0.25) is 0 Å². The molecule has 19 heavy (non-hydrogen) atoms. The molecular weight excluding hydrogens is 240 g/mol. The van der Waals surface area contributed by atoms with E-state index in [9.17, 15) is 5.11 Å². The molecule has 5 heteroatoms. The van der Waals surface area contributed by atoms with Crippen LogP contribution in [0, 0.1) is 5.92 Å². The summed E-state index contributed by atoms with van der Waals surface area (Å²) >= 11 is 0. The maximum Gasteiger partial charge on any atom is 0.115 e. The van der Waals surface area contributed by atoms with Gasteiger partial charge in [0.2, 0.25) is 0 Å². The Labute approximate surface area is 112 Å². The quantitative estimate of drug-likeness (QED) is 0.825. The molecule has 2 aromatic rings. The zero-order valence-corrected chi connectivity index (χ0v) is 10.8. The van der Waals surface area contributed by atoms with Gasteiger partial charge >= 0.3 is 0 Å². The minimum absolute atomic E-state index is 0.285. The third-order valence-corrected chi connectivity index (χ3v) is 3.30. The third-order valence-electron chi connectivity index (χ3n) is 3.30. The molecule has 1 aliphatic rings. The van der Waals surface area contributed by atoms with E-state index in [-0.39, 0.29) is 5.75 Å². The summed E-state index contributed by atoms with van der Waals surface area (Å²) in [4.78, 5) is 0. The summed E-state index contributed by atoms with van der Waals surface area (Å²) in [5, 5.41) is 20.9. The van der Waals surface area contributed by atoms with Crippen molar-refractivity contribution >= 4 is 0 Å². The second-order valence-corrected chi connectivity index (χ2v) is 5.15. The third kappa shape index (κ3) is 3.54. The lowest BCUT2D eigenvalue weighted by atomic mass is 10.2. The van der Waals surface area contributed by atoms with Crippen LogP contribution in [0.1, 0.15) is 24.1 Å². The highest BCUT2D eigenvalue weighted by Gasteiger charge is 2.20. The molecule has 0 atom stereocenters. The maximum absolute atomic E-state index is 9.23. The standard InChI is InChI=1S/C14H18N4O/c19-14-5-3-12(4-6-14)9-18-10-13(16-17-18)8-15-7-11-1-2-11/h3-6,10-11,15,19H,1-2,7-9H2. The summed E-state index contributed by atoms with van der Waals surface area (Å²) in [6, 6.07) is 7.15. The molecule has 1 heterocycles. The second kappa shape index (κ2) is 5.40. The number of hydrogen-bond donors (Lipinski definition) is 2. The predicted molar refractivity (Wildman–Crippen MR) is 71.7 cm³/mol.